The standard InChI is InChI=1S/C26H22ClN5O3S/c1-17-7-5-6-10-21(17)25(34)29-26-32-31-24(36-26)14-23(33)30-28-15-19-13-20(27)11-12-22(19)35-16-18-8-3-2-4-9-18/h2-13,15H,14,16H2,1H3,(H,30,33)(H,29,32,34)/b28-15+. The molecule has 0 spiro atoms. The molecular weight excluding hydrogens is 498 g/mol. The highest BCUT2D eigenvalue weighted by molar-refractivity contribution is 7.15. The summed E-state index contributed by atoms with van der Waals surface area (Å²) in [6.45, 7) is 2.24. The number of ether oxygens (including phenoxy) is 1. The van der Waals surface area contributed by atoms with Crippen LogP contribution < -0.4 is 15.5 Å². The van der Waals surface area contributed by atoms with Gasteiger partial charge < -0.3 is 4.74 Å². The van der Waals surface area contributed by atoms with Crippen LogP contribution in [0.5, 0.6) is 5.75 Å². The van der Waals surface area contributed by atoms with Gasteiger partial charge in [0, 0.05) is 16.1 Å². The molecule has 0 fully saturated rings. The Kier molecular flexibility index (Phi) is 8.38. The summed E-state index contributed by atoms with van der Waals surface area (Å²) >= 11 is 7.24. The lowest BCUT2D eigenvalue weighted by Gasteiger charge is -2.09. The molecule has 1 aromatic heterocycles. The van der Waals surface area contributed by atoms with Gasteiger partial charge in [0.2, 0.25) is 11.0 Å². The molecule has 10 heteroatoms. The van der Waals surface area contributed by atoms with Crippen LogP contribution in [0.25, 0.3) is 0 Å². The third-order valence-corrected chi connectivity index (χ3v) is 6.06. The van der Waals surface area contributed by atoms with E-state index in [9.17, 15) is 9.59 Å². The first-order chi connectivity index (χ1) is 17.5. The highest BCUT2D eigenvalue weighted by atomic mass is 35.5. The minimum absolute atomic E-state index is 0.0395. The first kappa shape index (κ1) is 25.0. The number of hydrazone groups is 1. The molecule has 182 valence electrons. The number of hydrogen-bond donors (Lipinski definition) is 2. The van der Waals surface area contributed by atoms with Crippen molar-refractivity contribution in [2.24, 2.45) is 5.10 Å². The van der Waals surface area contributed by atoms with E-state index in [1.54, 1.807) is 30.3 Å². The Morgan fingerprint density at radius 1 is 1.06 bits per heavy atom. The van der Waals surface area contributed by atoms with Crippen LogP contribution in [-0.4, -0.2) is 28.2 Å². The molecule has 0 radical (unpaired) electrons. The van der Waals surface area contributed by atoms with E-state index in [1.165, 1.54) is 6.21 Å². The van der Waals surface area contributed by atoms with E-state index in [4.69, 9.17) is 16.3 Å². The minimum atomic E-state index is -0.382. The topological polar surface area (TPSA) is 106 Å². The molecule has 4 rings (SSSR count). The molecule has 4 aromatic rings. The van der Waals surface area contributed by atoms with Crippen LogP contribution in [-0.2, 0) is 17.8 Å². The Balaban J connectivity index is 1.32. The SMILES string of the molecule is Cc1ccccc1C(=O)Nc1nnc(CC(=O)N/N=C/c2cc(Cl)ccc2OCc2ccccc2)s1. The van der Waals surface area contributed by atoms with Gasteiger partial charge in [-0.15, -0.1) is 10.2 Å². The normalized spacial score (nSPS) is 10.8. The highest BCUT2D eigenvalue weighted by Gasteiger charge is 2.13. The third kappa shape index (κ3) is 6.97. The molecule has 0 aliphatic rings. The fourth-order valence-electron chi connectivity index (χ4n) is 3.21. The summed E-state index contributed by atoms with van der Waals surface area (Å²) in [7, 11) is 0. The average Bonchev–Trinajstić information content (AvgIpc) is 3.30. The molecule has 0 saturated heterocycles. The number of nitrogens with zero attached hydrogens (tertiary/aromatic N) is 3. The van der Waals surface area contributed by atoms with Gasteiger partial charge in [-0.05, 0) is 42.3 Å². The molecular formula is C26H22ClN5O3S. The second kappa shape index (κ2) is 12.1. The number of benzene rings is 3. The zero-order valence-corrected chi connectivity index (χ0v) is 20.8. The van der Waals surface area contributed by atoms with Crippen LogP contribution in [0, 0.1) is 6.92 Å². The molecule has 3 aromatic carbocycles. The lowest BCUT2D eigenvalue weighted by atomic mass is 10.1. The van der Waals surface area contributed by atoms with Crippen molar-refractivity contribution >= 4 is 46.1 Å². The maximum Gasteiger partial charge on any atom is 0.257 e. The lowest BCUT2D eigenvalue weighted by Crippen LogP contribution is -2.19. The summed E-state index contributed by atoms with van der Waals surface area (Å²) in [5.41, 5.74) is 5.51. The monoisotopic (exact) mass is 519 g/mol. The number of carbonyl (C=O) groups is 2. The van der Waals surface area contributed by atoms with E-state index in [1.807, 2.05) is 49.4 Å². The number of amides is 2. The van der Waals surface area contributed by atoms with Gasteiger partial charge in [0.15, 0.2) is 0 Å². The lowest BCUT2D eigenvalue weighted by molar-refractivity contribution is -0.120. The van der Waals surface area contributed by atoms with Crippen molar-refractivity contribution in [3.05, 3.63) is 105 Å². The Morgan fingerprint density at radius 3 is 2.64 bits per heavy atom. The van der Waals surface area contributed by atoms with E-state index in [0.717, 1.165) is 22.5 Å². The molecule has 2 N–H and O–H groups in total. The molecule has 0 saturated carbocycles. The number of nitrogens with one attached hydrogen (secondary N) is 2. The number of aryl methyl sites for hydroxylation is 1. The fraction of sp³-hybridized carbons (Fsp3) is 0.115. The van der Waals surface area contributed by atoms with Gasteiger partial charge in [0.05, 0.1) is 12.6 Å². The Morgan fingerprint density at radius 2 is 1.83 bits per heavy atom. The molecule has 0 bridgehead atoms. The summed E-state index contributed by atoms with van der Waals surface area (Å²) in [5.74, 6) is -0.0796. The first-order valence-electron chi connectivity index (χ1n) is 11.0. The average molecular weight is 520 g/mol. The fourth-order valence-corrected chi connectivity index (χ4v) is 4.12. The van der Waals surface area contributed by atoms with E-state index in [2.05, 4.69) is 26.0 Å². The molecule has 36 heavy (non-hydrogen) atoms. The molecule has 0 atom stereocenters. The van der Waals surface area contributed by atoms with Crippen LogP contribution in [0.1, 0.15) is 32.1 Å². The van der Waals surface area contributed by atoms with Crippen LogP contribution >= 0.6 is 22.9 Å². The molecule has 2 amide bonds. The van der Waals surface area contributed by atoms with Crippen LogP contribution in [0.2, 0.25) is 5.02 Å². The van der Waals surface area contributed by atoms with Gasteiger partial charge in [-0.1, -0.05) is 71.5 Å². The van der Waals surface area contributed by atoms with Crippen molar-refractivity contribution in [3.63, 3.8) is 0 Å². The van der Waals surface area contributed by atoms with Crippen LogP contribution in [0.4, 0.5) is 5.13 Å². The van der Waals surface area contributed by atoms with E-state index in [0.29, 0.717) is 38.6 Å². The minimum Gasteiger partial charge on any atom is -0.488 e. The quantitative estimate of drug-likeness (QED) is 0.238. The van der Waals surface area contributed by atoms with Crippen molar-refractivity contribution in [1.29, 1.82) is 0 Å². The molecule has 8 nitrogen and oxygen atoms in total. The maximum absolute atomic E-state index is 12.4. The van der Waals surface area contributed by atoms with E-state index >= 15 is 0 Å². The zero-order chi connectivity index (χ0) is 25.3. The largest absolute Gasteiger partial charge is 0.488 e. The Labute approximate surface area is 217 Å². The van der Waals surface area contributed by atoms with Crippen molar-refractivity contribution < 1.29 is 14.3 Å². The molecule has 0 unspecified atom stereocenters. The number of halogens is 1. The predicted octanol–water partition coefficient (Wildman–Crippen LogP) is 5.02. The summed E-state index contributed by atoms with van der Waals surface area (Å²) < 4.78 is 5.89. The van der Waals surface area contributed by atoms with Crippen molar-refractivity contribution in [2.45, 2.75) is 20.0 Å². The smallest absolute Gasteiger partial charge is 0.257 e. The predicted molar refractivity (Wildman–Crippen MR) is 141 cm³/mol. The zero-order valence-electron chi connectivity index (χ0n) is 19.3. The van der Waals surface area contributed by atoms with Gasteiger partial charge in [-0.3, -0.25) is 14.9 Å². The summed E-state index contributed by atoms with van der Waals surface area (Å²) in [6, 6.07) is 22.2. The van der Waals surface area contributed by atoms with Gasteiger partial charge in [0.1, 0.15) is 17.4 Å². The first-order valence-corrected chi connectivity index (χ1v) is 12.1. The Bertz CT molecular complexity index is 1390. The second-order valence-corrected chi connectivity index (χ2v) is 9.19. The molecule has 1 heterocycles. The van der Waals surface area contributed by atoms with Crippen LogP contribution in [0.15, 0.2) is 77.9 Å². The van der Waals surface area contributed by atoms with Gasteiger partial charge >= 0.3 is 0 Å². The second-order valence-electron chi connectivity index (χ2n) is 7.70. The van der Waals surface area contributed by atoms with E-state index < -0.39 is 0 Å². The summed E-state index contributed by atoms with van der Waals surface area (Å²) in [4.78, 5) is 24.8. The van der Waals surface area contributed by atoms with E-state index in [-0.39, 0.29) is 18.2 Å². The maximum atomic E-state index is 12.4. The number of rotatable bonds is 9. The number of aromatic nitrogens is 2. The Hall–Kier alpha value is -4.08. The van der Waals surface area contributed by atoms with Crippen LogP contribution in [0.3, 0.4) is 0 Å². The van der Waals surface area contributed by atoms with Crippen molar-refractivity contribution in [2.75, 3.05) is 5.32 Å². The highest BCUT2D eigenvalue weighted by Crippen LogP contribution is 2.23. The molecule has 0 aliphatic heterocycles. The number of carbonyl (C=O) groups excluding carboxylic acids is 2. The van der Waals surface area contributed by atoms with Gasteiger partial charge in [-0.2, -0.15) is 5.10 Å². The van der Waals surface area contributed by atoms with Gasteiger partial charge in [-0.25, -0.2) is 5.43 Å². The van der Waals surface area contributed by atoms with Crippen molar-refractivity contribution in [1.82, 2.24) is 15.6 Å². The number of hydrogen-bond acceptors (Lipinski definition) is 7. The summed E-state index contributed by atoms with van der Waals surface area (Å²) in [5, 5.41) is 15.9. The third-order valence-electron chi connectivity index (χ3n) is 4.99. The summed E-state index contributed by atoms with van der Waals surface area (Å²) in [6.07, 6.45) is 1.43. The van der Waals surface area contributed by atoms with Crippen molar-refractivity contribution in [3.8, 4) is 5.75 Å². The number of anilines is 1. The molecule has 0 aliphatic carbocycles. The van der Waals surface area contributed by atoms with Gasteiger partial charge in [0.25, 0.3) is 5.91 Å².